The SMILES string of the molecule is CCCCNC(=O)CNc1ccccc1OC(F)F. The number of unbranched alkanes of at least 4 members (excludes halogenated alkanes) is 1. The minimum absolute atomic E-state index is 0.0212. The van der Waals surface area contributed by atoms with E-state index in [4.69, 9.17) is 0 Å². The summed E-state index contributed by atoms with van der Waals surface area (Å²) in [7, 11) is 0. The van der Waals surface area contributed by atoms with Crippen LogP contribution in [0.1, 0.15) is 19.8 Å². The van der Waals surface area contributed by atoms with Crippen molar-refractivity contribution in [3.63, 3.8) is 0 Å². The van der Waals surface area contributed by atoms with E-state index in [1.807, 2.05) is 6.92 Å². The van der Waals surface area contributed by atoms with Crippen LogP contribution < -0.4 is 15.4 Å². The molecule has 0 saturated carbocycles. The summed E-state index contributed by atoms with van der Waals surface area (Å²) in [6.45, 7) is -0.219. The minimum atomic E-state index is -2.89. The smallest absolute Gasteiger partial charge is 0.387 e. The molecule has 0 aliphatic rings. The highest BCUT2D eigenvalue weighted by Gasteiger charge is 2.09. The number of alkyl halides is 2. The Hall–Kier alpha value is -1.85. The second-order valence-corrected chi connectivity index (χ2v) is 3.93. The monoisotopic (exact) mass is 272 g/mol. The normalized spacial score (nSPS) is 10.3. The summed E-state index contributed by atoms with van der Waals surface area (Å²) in [6, 6.07) is 6.26. The Balaban J connectivity index is 2.46. The van der Waals surface area contributed by atoms with Gasteiger partial charge in [0.25, 0.3) is 0 Å². The van der Waals surface area contributed by atoms with Crippen LogP contribution in [0.2, 0.25) is 0 Å². The molecule has 0 saturated heterocycles. The van der Waals surface area contributed by atoms with Crippen molar-refractivity contribution in [3.05, 3.63) is 24.3 Å². The van der Waals surface area contributed by atoms with Crippen LogP contribution in [0.25, 0.3) is 0 Å². The molecule has 4 nitrogen and oxygen atoms in total. The van der Waals surface area contributed by atoms with Crippen molar-refractivity contribution in [2.24, 2.45) is 0 Å². The summed E-state index contributed by atoms with van der Waals surface area (Å²) >= 11 is 0. The number of hydrogen-bond donors (Lipinski definition) is 2. The van der Waals surface area contributed by atoms with Gasteiger partial charge in [0.2, 0.25) is 5.91 Å². The summed E-state index contributed by atoms with van der Waals surface area (Å²) in [6.07, 6.45) is 1.91. The molecule has 0 unspecified atom stereocenters. The van der Waals surface area contributed by atoms with Gasteiger partial charge in [-0.25, -0.2) is 0 Å². The first-order chi connectivity index (χ1) is 9.13. The Kier molecular flexibility index (Phi) is 6.63. The zero-order valence-electron chi connectivity index (χ0n) is 10.8. The second kappa shape index (κ2) is 8.29. The third-order valence-electron chi connectivity index (χ3n) is 2.40. The summed E-state index contributed by atoms with van der Waals surface area (Å²) < 4.78 is 28.7. The van der Waals surface area contributed by atoms with Crippen LogP contribution in [-0.2, 0) is 4.79 Å². The lowest BCUT2D eigenvalue weighted by Crippen LogP contribution is -2.30. The molecule has 106 valence electrons. The fourth-order valence-electron chi connectivity index (χ4n) is 1.45. The van der Waals surface area contributed by atoms with Gasteiger partial charge in [-0.05, 0) is 18.6 Å². The van der Waals surface area contributed by atoms with Gasteiger partial charge in [0.15, 0.2) is 0 Å². The highest BCUT2D eigenvalue weighted by atomic mass is 19.3. The number of hydrogen-bond acceptors (Lipinski definition) is 3. The molecule has 2 N–H and O–H groups in total. The van der Waals surface area contributed by atoms with Crippen LogP contribution in [0.4, 0.5) is 14.5 Å². The number of rotatable bonds is 8. The number of benzene rings is 1. The Morgan fingerprint density at radius 3 is 2.79 bits per heavy atom. The number of para-hydroxylation sites is 2. The summed E-state index contributed by atoms with van der Waals surface area (Å²) in [4.78, 5) is 11.5. The molecule has 0 spiro atoms. The Morgan fingerprint density at radius 1 is 1.37 bits per heavy atom. The van der Waals surface area contributed by atoms with Crippen LogP contribution in [0, 0.1) is 0 Å². The largest absolute Gasteiger partial charge is 0.433 e. The van der Waals surface area contributed by atoms with Crippen molar-refractivity contribution >= 4 is 11.6 Å². The molecular weight excluding hydrogens is 254 g/mol. The van der Waals surface area contributed by atoms with E-state index in [1.54, 1.807) is 18.2 Å². The van der Waals surface area contributed by atoms with E-state index in [1.165, 1.54) is 6.07 Å². The van der Waals surface area contributed by atoms with Gasteiger partial charge in [-0.2, -0.15) is 8.78 Å². The Labute approximate surface area is 111 Å². The number of carbonyl (C=O) groups excluding carboxylic acids is 1. The van der Waals surface area contributed by atoms with E-state index in [9.17, 15) is 13.6 Å². The van der Waals surface area contributed by atoms with Crippen molar-refractivity contribution in [2.75, 3.05) is 18.4 Å². The van der Waals surface area contributed by atoms with Gasteiger partial charge in [0.05, 0.1) is 12.2 Å². The predicted octanol–water partition coefficient (Wildman–Crippen LogP) is 2.62. The van der Waals surface area contributed by atoms with Crippen molar-refractivity contribution in [1.29, 1.82) is 0 Å². The first-order valence-corrected chi connectivity index (χ1v) is 6.18. The van der Waals surface area contributed by atoms with Crippen molar-refractivity contribution in [1.82, 2.24) is 5.32 Å². The molecule has 0 bridgehead atoms. The van der Waals surface area contributed by atoms with Crippen LogP contribution in [0.5, 0.6) is 5.75 Å². The third kappa shape index (κ3) is 6.03. The van der Waals surface area contributed by atoms with E-state index in [2.05, 4.69) is 15.4 Å². The molecule has 0 radical (unpaired) electrons. The van der Waals surface area contributed by atoms with E-state index < -0.39 is 6.61 Å². The molecule has 0 atom stereocenters. The number of anilines is 1. The fourth-order valence-corrected chi connectivity index (χ4v) is 1.45. The summed E-state index contributed by atoms with van der Waals surface area (Å²) in [5.74, 6) is -0.154. The average molecular weight is 272 g/mol. The highest BCUT2D eigenvalue weighted by molar-refractivity contribution is 5.81. The average Bonchev–Trinajstić information content (AvgIpc) is 2.37. The Morgan fingerprint density at radius 2 is 2.11 bits per heavy atom. The molecule has 6 heteroatoms. The molecule has 0 heterocycles. The lowest BCUT2D eigenvalue weighted by molar-refractivity contribution is -0.119. The first kappa shape index (κ1) is 15.2. The zero-order valence-corrected chi connectivity index (χ0v) is 10.8. The summed E-state index contributed by atoms with van der Waals surface area (Å²) in [5, 5.41) is 5.50. The number of carbonyl (C=O) groups is 1. The lowest BCUT2D eigenvalue weighted by atomic mass is 10.3. The number of amides is 1. The van der Waals surface area contributed by atoms with E-state index in [0.29, 0.717) is 12.2 Å². The quantitative estimate of drug-likeness (QED) is 0.715. The van der Waals surface area contributed by atoms with Gasteiger partial charge < -0.3 is 15.4 Å². The van der Waals surface area contributed by atoms with Gasteiger partial charge in [-0.15, -0.1) is 0 Å². The van der Waals surface area contributed by atoms with E-state index >= 15 is 0 Å². The highest BCUT2D eigenvalue weighted by Crippen LogP contribution is 2.24. The maximum absolute atomic E-state index is 12.2. The van der Waals surface area contributed by atoms with Gasteiger partial charge in [0, 0.05) is 6.54 Å². The van der Waals surface area contributed by atoms with Gasteiger partial charge in [-0.3, -0.25) is 4.79 Å². The first-order valence-electron chi connectivity index (χ1n) is 6.18. The molecule has 0 aliphatic carbocycles. The van der Waals surface area contributed by atoms with E-state index in [0.717, 1.165) is 12.8 Å². The molecule has 0 aliphatic heterocycles. The topological polar surface area (TPSA) is 50.4 Å². The van der Waals surface area contributed by atoms with Gasteiger partial charge in [-0.1, -0.05) is 25.5 Å². The van der Waals surface area contributed by atoms with Crippen LogP contribution >= 0.6 is 0 Å². The van der Waals surface area contributed by atoms with Crippen molar-refractivity contribution < 1.29 is 18.3 Å². The summed E-state index contributed by atoms with van der Waals surface area (Å²) in [5.41, 5.74) is 0.369. The van der Waals surface area contributed by atoms with Gasteiger partial charge >= 0.3 is 6.61 Å². The molecule has 1 amide bonds. The standard InChI is InChI=1S/C13H18F2N2O2/c1-2-3-8-16-12(18)9-17-10-6-4-5-7-11(10)19-13(14)15/h4-7,13,17H,2-3,8-9H2,1H3,(H,16,18). The fraction of sp³-hybridized carbons (Fsp3) is 0.462. The second-order valence-electron chi connectivity index (χ2n) is 3.93. The molecule has 1 rings (SSSR count). The van der Waals surface area contributed by atoms with Crippen molar-refractivity contribution in [2.45, 2.75) is 26.4 Å². The maximum Gasteiger partial charge on any atom is 0.387 e. The molecule has 1 aromatic carbocycles. The van der Waals surface area contributed by atoms with E-state index in [-0.39, 0.29) is 18.2 Å². The van der Waals surface area contributed by atoms with Crippen molar-refractivity contribution in [3.8, 4) is 5.75 Å². The molecule has 0 aromatic heterocycles. The lowest BCUT2D eigenvalue weighted by Gasteiger charge is -2.12. The van der Waals surface area contributed by atoms with Gasteiger partial charge in [0.1, 0.15) is 5.75 Å². The molecule has 19 heavy (non-hydrogen) atoms. The Bertz CT molecular complexity index is 400. The van der Waals surface area contributed by atoms with Crippen LogP contribution in [0.3, 0.4) is 0 Å². The molecular formula is C13H18F2N2O2. The number of halogens is 2. The third-order valence-corrected chi connectivity index (χ3v) is 2.40. The maximum atomic E-state index is 12.2. The molecule has 1 aromatic rings. The zero-order chi connectivity index (χ0) is 14.1. The molecule has 0 fully saturated rings. The minimum Gasteiger partial charge on any atom is -0.433 e. The predicted molar refractivity (Wildman–Crippen MR) is 69.5 cm³/mol. The number of ether oxygens (including phenoxy) is 1. The van der Waals surface area contributed by atoms with Crippen LogP contribution in [-0.4, -0.2) is 25.6 Å². The van der Waals surface area contributed by atoms with Crippen LogP contribution in [0.15, 0.2) is 24.3 Å². The number of nitrogens with one attached hydrogen (secondary N) is 2.